The molecule has 0 amide bonds. The van der Waals surface area contributed by atoms with Crippen LogP contribution in [0.4, 0.5) is 0 Å². The number of hydrogen-bond donors (Lipinski definition) is 1. The van der Waals surface area contributed by atoms with Gasteiger partial charge in [0.1, 0.15) is 0 Å². The van der Waals surface area contributed by atoms with E-state index in [0.29, 0.717) is 5.56 Å². The Labute approximate surface area is 92.3 Å². The summed E-state index contributed by atoms with van der Waals surface area (Å²) in [4.78, 5) is 26.4. The van der Waals surface area contributed by atoms with Crippen molar-refractivity contribution < 1.29 is 19.5 Å². The highest BCUT2D eigenvalue weighted by atomic mass is 16.7. The first-order valence-corrected chi connectivity index (χ1v) is 4.71. The molecule has 0 aliphatic heterocycles. The fourth-order valence-electron chi connectivity index (χ4n) is 0.978. The van der Waals surface area contributed by atoms with Crippen LogP contribution in [-0.2, 0) is 9.63 Å². The van der Waals surface area contributed by atoms with E-state index in [2.05, 4.69) is 9.99 Å². The van der Waals surface area contributed by atoms with Crippen molar-refractivity contribution in [1.29, 1.82) is 0 Å². The third-order valence-electron chi connectivity index (χ3n) is 1.83. The first kappa shape index (κ1) is 11.9. The van der Waals surface area contributed by atoms with E-state index in [9.17, 15) is 9.59 Å². The maximum absolute atomic E-state index is 11.4. The van der Waals surface area contributed by atoms with Gasteiger partial charge in [-0.1, -0.05) is 30.3 Å². The molecule has 1 aromatic carbocycles. The molecule has 5 nitrogen and oxygen atoms in total. The Morgan fingerprint density at radius 1 is 1.31 bits per heavy atom. The quantitative estimate of drug-likeness (QED) is 0.477. The van der Waals surface area contributed by atoms with E-state index in [4.69, 9.17) is 5.11 Å². The molecule has 0 unspecified atom stereocenters. The van der Waals surface area contributed by atoms with Gasteiger partial charge in [-0.2, -0.15) is 0 Å². The molecular formula is C11H11NO4. The van der Waals surface area contributed by atoms with Crippen molar-refractivity contribution in [2.45, 2.75) is 13.3 Å². The minimum Gasteiger partial charge on any atom is -0.477 e. The van der Waals surface area contributed by atoms with Crippen molar-refractivity contribution in [3.63, 3.8) is 0 Å². The molecule has 0 aliphatic rings. The summed E-state index contributed by atoms with van der Waals surface area (Å²) in [7, 11) is 0. The van der Waals surface area contributed by atoms with Crippen LogP contribution in [0.15, 0.2) is 35.5 Å². The molecule has 5 heteroatoms. The zero-order chi connectivity index (χ0) is 12.0. The highest BCUT2D eigenvalue weighted by Crippen LogP contribution is 2.01. The van der Waals surface area contributed by atoms with E-state index in [1.807, 2.05) is 0 Å². The summed E-state index contributed by atoms with van der Waals surface area (Å²) >= 11 is 0. The van der Waals surface area contributed by atoms with Gasteiger partial charge in [-0.25, -0.2) is 9.59 Å². The van der Waals surface area contributed by atoms with Crippen LogP contribution < -0.4 is 0 Å². The summed E-state index contributed by atoms with van der Waals surface area (Å²) in [6.07, 6.45) is 0.192. The predicted octanol–water partition coefficient (Wildman–Crippen LogP) is 1.69. The molecule has 0 fully saturated rings. The van der Waals surface area contributed by atoms with E-state index in [1.165, 1.54) is 0 Å². The van der Waals surface area contributed by atoms with Gasteiger partial charge in [0, 0.05) is 0 Å². The molecule has 0 saturated carbocycles. The lowest BCUT2D eigenvalue weighted by Gasteiger charge is -1.98. The monoisotopic (exact) mass is 221 g/mol. The van der Waals surface area contributed by atoms with Gasteiger partial charge in [0.05, 0.1) is 5.56 Å². The smallest absolute Gasteiger partial charge is 0.365 e. The van der Waals surface area contributed by atoms with Crippen LogP contribution >= 0.6 is 0 Å². The van der Waals surface area contributed by atoms with Crippen LogP contribution in [0.5, 0.6) is 0 Å². The van der Waals surface area contributed by atoms with Crippen LogP contribution in [0.1, 0.15) is 23.7 Å². The minimum absolute atomic E-state index is 0.190. The number of carbonyl (C=O) groups excluding carboxylic acids is 1. The molecule has 1 rings (SSSR count). The van der Waals surface area contributed by atoms with E-state index in [0.717, 1.165) is 0 Å². The van der Waals surface area contributed by atoms with Gasteiger partial charge < -0.3 is 9.94 Å². The molecule has 0 aromatic heterocycles. The largest absolute Gasteiger partial charge is 0.477 e. The predicted molar refractivity (Wildman–Crippen MR) is 57.2 cm³/mol. The van der Waals surface area contributed by atoms with Crippen molar-refractivity contribution in [2.75, 3.05) is 0 Å². The van der Waals surface area contributed by atoms with Gasteiger partial charge in [0.15, 0.2) is 5.71 Å². The number of carboxylic acids is 1. The number of oxime groups is 1. The standard InChI is InChI=1S/C11H11NO4/c1-2-9(10(13)14)12-16-11(15)8-6-4-3-5-7-8/h3-7H,2H2,1H3,(H,13,14). The summed E-state index contributed by atoms with van der Waals surface area (Å²) in [6, 6.07) is 8.24. The topological polar surface area (TPSA) is 76.0 Å². The molecule has 0 aliphatic carbocycles. The Bertz CT molecular complexity index is 411. The van der Waals surface area contributed by atoms with Gasteiger partial charge in [-0.05, 0) is 18.6 Å². The Balaban J connectivity index is 2.69. The Kier molecular flexibility index (Phi) is 4.20. The van der Waals surface area contributed by atoms with Crippen molar-refractivity contribution >= 4 is 17.7 Å². The average molecular weight is 221 g/mol. The van der Waals surface area contributed by atoms with Crippen LogP contribution in [0.25, 0.3) is 0 Å². The number of hydrogen-bond acceptors (Lipinski definition) is 4. The summed E-state index contributed by atoms with van der Waals surface area (Å²) in [5, 5.41) is 11.9. The lowest BCUT2D eigenvalue weighted by atomic mass is 10.2. The number of carboxylic acid groups (broad SMARTS) is 1. The van der Waals surface area contributed by atoms with Crippen LogP contribution in [0, 0.1) is 0 Å². The van der Waals surface area contributed by atoms with Gasteiger partial charge >= 0.3 is 11.9 Å². The zero-order valence-electron chi connectivity index (χ0n) is 8.71. The van der Waals surface area contributed by atoms with Crippen LogP contribution in [0.2, 0.25) is 0 Å². The van der Waals surface area contributed by atoms with E-state index in [-0.39, 0.29) is 12.1 Å². The van der Waals surface area contributed by atoms with Gasteiger partial charge in [0.2, 0.25) is 0 Å². The number of aliphatic carboxylic acids is 1. The number of nitrogens with zero attached hydrogens (tertiary/aromatic N) is 1. The van der Waals surface area contributed by atoms with Crippen molar-refractivity contribution in [3.05, 3.63) is 35.9 Å². The second-order valence-electron chi connectivity index (χ2n) is 2.94. The molecule has 0 saturated heterocycles. The molecular weight excluding hydrogens is 210 g/mol. The third kappa shape index (κ3) is 3.20. The number of benzene rings is 1. The maximum Gasteiger partial charge on any atom is 0.365 e. The van der Waals surface area contributed by atoms with Crippen LogP contribution in [0.3, 0.4) is 0 Å². The Morgan fingerprint density at radius 3 is 2.44 bits per heavy atom. The maximum atomic E-state index is 11.4. The molecule has 0 heterocycles. The lowest BCUT2D eigenvalue weighted by Crippen LogP contribution is -2.13. The normalized spacial score (nSPS) is 10.9. The summed E-state index contributed by atoms with van der Waals surface area (Å²) < 4.78 is 0. The minimum atomic E-state index is -1.19. The zero-order valence-corrected chi connectivity index (χ0v) is 8.71. The molecule has 1 aromatic rings. The first-order valence-electron chi connectivity index (χ1n) is 4.71. The number of rotatable bonds is 4. The molecule has 0 bridgehead atoms. The first-order chi connectivity index (χ1) is 7.65. The highest BCUT2D eigenvalue weighted by molar-refractivity contribution is 6.35. The van der Waals surface area contributed by atoms with Gasteiger partial charge in [0.25, 0.3) is 0 Å². The SMILES string of the molecule is CCC(=NOC(=O)c1ccccc1)C(=O)O. The second kappa shape index (κ2) is 5.65. The Morgan fingerprint density at radius 2 is 1.94 bits per heavy atom. The third-order valence-corrected chi connectivity index (χ3v) is 1.83. The fourth-order valence-corrected chi connectivity index (χ4v) is 0.978. The van der Waals surface area contributed by atoms with E-state index in [1.54, 1.807) is 37.3 Å². The summed E-state index contributed by atoms with van der Waals surface area (Å²) in [6.45, 7) is 1.61. The van der Waals surface area contributed by atoms with Crippen LogP contribution in [-0.4, -0.2) is 22.8 Å². The Hall–Kier alpha value is -2.17. The highest BCUT2D eigenvalue weighted by Gasteiger charge is 2.10. The molecule has 16 heavy (non-hydrogen) atoms. The summed E-state index contributed by atoms with van der Waals surface area (Å²) in [5.74, 6) is -1.86. The second-order valence-corrected chi connectivity index (χ2v) is 2.94. The van der Waals surface area contributed by atoms with E-state index >= 15 is 0 Å². The molecule has 0 radical (unpaired) electrons. The molecule has 0 atom stereocenters. The molecule has 0 spiro atoms. The lowest BCUT2D eigenvalue weighted by molar-refractivity contribution is -0.129. The number of carbonyl (C=O) groups is 2. The average Bonchev–Trinajstić information content (AvgIpc) is 2.30. The molecule has 1 N–H and O–H groups in total. The van der Waals surface area contributed by atoms with Crippen molar-refractivity contribution in [1.82, 2.24) is 0 Å². The van der Waals surface area contributed by atoms with Crippen molar-refractivity contribution in [2.24, 2.45) is 5.16 Å². The van der Waals surface area contributed by atoms with Crippen molar-refractivity contribution in [3.8, 4) is 0 Å². The molecule has 84 valence electrons. The van der Waals surface area contributed by atoms with Gasteiger partial charge in [-0.3, -0.25) is 0 Å². The fraction of sp³-hybridized carbons (Fsp3) is 0.182. The van der Waals surface area contributed by atoms with Gasteiger partial charge in [-0.15, -0.1) is 0 Å². The summed E-state index contributed by atoms with van der Waals surface area (Å²) in [5.41, 5.74) is 0.136. The van der Waals surface area contributed by atoms with E-state index < -0.39 is 11.9 Å².